The van der Waals surface area contributed by atoms with Gasteiger partial charge in [-0.05, 0) is 30.8 Å². The molecule has 0 aromatic rings. The highest BCUT2D eigenvalue weighted by molar-refractivity contribution is 5.06. The van der Waals surface area contributed by atoms with E-state index in [1.165, 1.54) is 12.8 Å². The molecule has 1 N–H and O–H groups in total. The van der Waals surface area contributed by atoms with Crippen LogP contribution in [0.3, 0.4) is 0 Å². The zero-order valence-electron chi connectivity index (χ0n) is 8.91. The predicted molar refractivity (Wildman–Crippen MR) is 55.8 cm³/mol. The van der Waals surface area contributed by atoms with Crippen LogP contribution in [0.15, 0.2) is 11.8 Å². The third kappa shape index (κ3) is 2.11. The van der Waals surface area contributed by atoms with E-state index in [0.29, 0.717) is 5.92 Å². The van der Waals surface area contributed by atoms with Crippen LogP contribution in [0.2, 0.25) is 0 Å². The summed E-state index contributed by atoms with van der Waals surface area (Å²) >= 11 is 0. The van der Waals surface area contributed by atoms with Gasteiger partial charge in [0, 0.05) is 6.42 Å². The van der Waals surface area contributed by atoms with Gasteiger partial charge in [0.05, 0.1) is 6.61 Å². The second kappa shape index (κ2) is 4.35. The molecule has 1 aliphatic heterocycles. The SMILES string of the molecule is CC1CCC(C(O)C2=CCCO2)CC1. The number of aliphatic hydroxyl groups excluding tert-OH is 1. The molecule has 2 aliphatic rings. The Labute approximate surface area is 86.0 Å². The van der Waals surface area contributed by atoms with E-state index >= 15 is 0 Å². The van der Waals surface area contributed by atoms with E-state index in [0.717, 1.165) is 37.5 Å². The maximum absolute atomic E-state index is 10.1. The highest BCUT2D eigenvalue weighted by Gasteiger charge is 2.28. The van der Waals surface area contributed by atoms with Gasteiger partial charge in [0.1, 0.15) is 11.9 Å². The number of aliphatic hydroxyl groups is 1. The van der Waals surface area contributed by atoms with Crippen molar-refractivity contribution in [2.75, 3.05) is 6.61 Å². The van der Waals surface area contributed by atoms with Crippen molar-refractivity contribution < 1.29 is 9.84 Å². The minimum atomic E-state index is -0.329. The summed E-state index contributed by atoms with van der Waals surface area (Å²) in [6.45, 7) is 3.06. The summed E-state index contributed by atoms with van der Waals surface area (Å²) in [7, 11) is 0. The van der Waals surface area contributed by atoms with E-state index in [-0.39, 0.29) is 6.10 Å². The Morgan fingerprint density at radius 2 is 2.07 bits per heavy atom. The number of rotatable bonds is 2. The zero-order valence-corrected chi connectivity index (χ0v) is 8.91. The van der Waals surface area contributed by atoms with Crippen LogP contribution < -0.4 is 0 Å². The van der Waals surface area contributed by atoms with Crippen LogP contribution in [-0.2, 0) is 4.74 Å². The minimum absolute atomic E-state index is 0.329. The van der Waals surface area contributed by atoms with Crippen LogP contribution in [0, 0.1) is 11.8 Å². The van der Waals surface area contributed by atoms with Gasteiger partial charge in [-0.1, -0.05) is 19.8 Å². The van der Waals surface area contributed by atoms with Gasteiger partial charge in [-0.15, -0.1) is 0 Å². The van der Waals surface area contributed by atoms with E-state index in [1.807, 2.05) is 6.08 Å². The fourth-order valence-electron chi connectivity index (χ4n) is 2.48. The molecule has 1 fully saturated rings. The lowest BCUT2D eigenvalue weighted by molar-refractivity contribution is 0.0527. The minimum Gasteiger partial charge on any atom is -0.495 e. The largest absolute Gasteiger partial charge is 0.495 e. The highest BCUT2D eigenvalue weighted by atomic mass is 16.5. The van der Waals surface area contributed by atoms with Gasteiger partial charge in [-0.3, -0.25) is 0 Å². The molecule has 0 bridgehead atoms. The quantitative estimate of drug-likeness (QED) is 0.735. The van der Waals surface area contributed by atoms with Crippen molar-refractivity contribution in [2.24, 2.45) is 11.8 Å². The molecule has 1 saturated carbocycles. The van der Waals surface area contributed by atoms with Crippen LogP contribution in [0.25, 0.3) is 0 Å². The van der Waals surface area contributed by atoms with E-state index in [1.54, 1.807) is 0 Å². The topological polar surface area (TPSA) is 29.5 Å². The Hall–Kier alpha value is -0.500. The highest BCUT2D eigenvalue weighted by Crippen LogP contribution is 2.33. The molecule has 0 saturated heterocycles. The molecule has 1 heterocycles. The van der Waals surface area contributed by atoms with Crippen molar-refractivity contribution in [1.82, 2.24) is 0 Å². The second-order valence-corrected chi connectivity index (χ2v) is 4.71. The van der Waals surface area contributed by atoms with Crippen molar-refractivity contribution in [1.29, 1.82) is 0 Å². The van der Waals surface area contributed by atoms with E-state index in [9.17, 15) is 5.11 Å². The van der Waals surface area contributed by atoms with Gasteiger partial charge in [-0.25, -0.2) is 0 Å². The summed E-state index contributed by atoms with van der Waals surface area (Å²) in [5.74, 6) is 2.12. The molecule has 0 aromatic heterocycles. The normalized spacial score (nSPS) is 34.9. The molecule has 1 aliphatic carbocycles. The molecular weight excluding hydrogens is 176 g/mol. The average Bonchev–Trinajstić information content (AvgIpc) is 2.71. The smallest absolute Gasteiger partial charge is 0.121 e. The van der Waals surface area contributed by atoms with Crippen molar-refractivity contribution in [2.45, 2.75) is 45.1 Å². The second-order valence-electron chi connectivity index (χ2n) is 4.71. The third-order valence-corrected chi connectivity index (χ3v) is 3.53. The molecule has 1 unspecified atom stereocenters. The maximum atomic E-state index is 10.1. The first-order valence-corrected chi connectivity index (χ1v) is 5.78. The van der Waals surface area contributed by atoms with E-state index in [4.69, 9.17) is 4.74 Å². The van der Waals surface area contributed by atoms with E-state index < -0.39 is 0 Å². The standard InChI is InChI=1S/C12H20O2/c1-9-4-6-10(7-5-9)12(13)11-3-2-8-14-11/h3,9-10,12-13H,2,4-8H2,1H3. The van der Waals surface area contributed by atoms with Crippen LogP contribution in [0.1, 0.15) is 39.0 Å². The van der Waals surface area contributed by atoms with Gasteiger partial charge in [-0.2, -0.15) is 0 Å². The molecule has 0 aromatic carbocycles. The molecule has 2 nitrogen and oxygen atoms in total. The van der Waals surface area contributed by atoms with Crippen molar-refractivity contribution >= 4 is 0 Å². The Balaban J connectivity index is 1.88. The summed E-state index contributed by atoms with van der Waals surface area (Å²) in [4.78, 5) is 0. The summed E-state index contributed by atoms with van der Waals surface area (Å²) < 4.78 is 5.41. The number of ether oxygens (including phenoxy) is 1. The lowest BCUT2D eigenvalue weighted by Crippen LogP contribution is -2.27. The summed E-state index contributed by atoms with van der Waals surface area (Å²) in [5, 5.41) is 10.1. The van der Waals surface area contributed by atoms with Gasteiger partial charge >= 0.3 is 0 Å². The molecule has 2 heteroatoms. The monoisotopic (exact) mass is 196 g/mol. The van der Waals surface area contributed by atoms with Crippen LogP contribution in [0.4, 0.5) is 0 Å². The number of hydrogen-bond donors (Lipinski definition) is 1. The van der Waals surface area contributed by atoms with Crippen LogP contribution >= 0.6 is 0 Å². The fourth-order valence-corrected chi connectivity index (χ4v) is 2.48. The van der Waals surface area contributed by atoms with Gasteiger partial charge < -0.3 is 9.84 Å². The molecular formula is C12H20O2. The van der Waals surface area contributed by atoms with Crippen molar-refractivity contribution in [3.05, 3.63) is 11.8 Å². The van der Waals surface area contributed by atoms with Crippen LogP contribution in [-0.4, -0.2) is 17.8 Å². The Kier molecular flexibility index (Phi) is 3.12. The summed E-state index contributed by atoms with van der Waals surface area (Å²) in [6, 6.07) is 0. The first kappa shape index (κ1) is 10.0. The predicted octanol–water partition coefficient (Wildman–Crippen LogP) is 2.48. The fraction of sp³-hybridized carbons (Fsp3) is 0.833. The molecule has 0 amide bonds. The van der Waals surface area contributed by atoms with Gasteiger partial charge in [0.2, 0.25) is 0 Å². The van der Waals surface area contributed by atoms with E-state index in [2.05, 4.69) is 6.92 Å². The average molecular weight is 196 g/mol. The lowest BCUT2D eigenvalue weighted by atomic mass is 9.80. The number of hydrogen-bond acceptors (Lipinski definition) is 2. The first-order chi connectivity index (χ1) is 6.77. The maximum Gasteiger partial charge on any atom is 0.121 e. The lowest BCUT2D eigenvalue weighted by Gasteiger charge is -2.29. The summed E-state index contributed by atoms with van der Waals surface area (Å²) in [6.07, 6.45) is 7.51. The zero-order chi connectivity index (χ0) is 9.97. The van der Waals surface area contributed by atoms with Crippen LogP contribution in [0.5, 0.6) is 0 Å². The molecule has 0 radical (unpaired) electrons. The van der Waals surface area contributed by atoms with Crippen molar-refractivity contribution in [3.8, 4) is 0 Å². The summed E-state index contributed by atoms with van der Waals surface area (Å²) in [5.41, 5.74) is 0. The molecule has 80 valence electrons. The third-order valence-electron chi connectivity index (χ3n) is 3.53. The Bertz CT molecular complexity index is 214. The first-order valence-electron chi connectivity index (χ1n) is 5.78. The molecule has 14 heavy (non-hydrogen) atoms. The molecule has 0 spiro atoms. The molecule has 2 rings (SSSR count). The van der Waals surface area contributed by atoms with Gasteiger partial charge in [0.25, 0.3) is 0 Å². The molecule has 1 atom stereocenters. The Morgan fingerprint density at radius 1 is 1.36 bits per heavy atom. The van der Waals surface area contributed by atoms with Gasteiger partial charge in [0.15, 0.2) is 0 Å². The van der Waals surface area contributed by atoms with Crippen molar-refractivity contribution in [3.63, 3.8) is 0 Å². The Morgan fingerprint density at radius 3 is 2.64 bits per heavy atom.